The molecule has 3 heterocycles. The molecule has 31 heavy (non-hydrogen) atoms. The summed E-state index contributed by atoms with van der Waals surface area (Å²) >= 11 is 1.45. The second kappa shape index (κ2) is 9.53. The summed E-state index contributed by atoms with van der Waals surface area (Å²) < 4.78 is 5.41. The summed E-state index contributed by atoms with van der Waals surface area (Å²) in [6.07, 6.45) is 0. The normalized spacial score (nSPS) is 15.3. The lowest BCUT2D eigenvalue weighted by atomic mass is 10.2. The van der Waals surface area contributed by atoms with Gasteiger partial charge in [0, 0.05) is 19.6 Å². The number of amides is 1. The van der Waals surface area contributed by atoms with Crippen LogP contribution in [0.1, 0.15) is 41.7 Å². The van der Waals surface area contributed by atoms with Gasteiger partial charge >= 0.3 is 0 Å². The number of hydrogen-bond donors (Lipinski definition) is 2. The van der Waals surface area contributed by atoms with Crippen LogP contribution in [0.25, 0.3) is 0 Å². The lowest BCUT2D eigenvalue weighted by Crippen LogP contribution is -2.35. The number of ether oxygens (including phenoxy) is 1. The Morgan fingerprint density at radius 2 is 2.03 bits per heavy atom. The maximum atomic E-state index is 12.0. The molecule has 0 atom stereocenters. The van der Waals surface area contributed by atoms with Crippen molar-refractivity contribution in [3.63, 3.8) is 0 Å². The van der Waals surface area contributed by atoms with E-state index in [9.17, 15) is 4.79 Å². The zero-order chi connectivity index (χ0) is 22.6. The maximum absolute atomic E-state index is 12.0. The number of aromatic nitrogens is 1. The van der Waals surface area contributed by atoms with Gasteiger partial charge < -0.3 is 15.8 Å². The van der Waals surface area contributed by atoms with Crippen LogP contribution in [0, 0.1) is 11.5 Å². The standard InChI is InChI=1S/C23H32N4O2SSi/c1-23(2,3)31(4,5)14-9-18-15-19(21(24)28)22(30-18)26-20-8-6-7-17(25-20)16-27-10-12-29-13-11-27/h6-8,15H,10-13,16H2,1-5H3,(H2,24,28)(H,25,26). The first-order chi connectivity index (χ1) is 14.5. The Hall–Kier alpha value is -2.18. The van der Waals surface area contributed by atoms with Crippen molar-refractivity contribution < 1.29 is 9.53 Å². The average Bonchev–Trinajstić information content (AvgIpc) is 3.10. The molecule has 1 amide bonds. The highest BCUT2D eigenvalue weighted by Crippen LogP contribution is 2.36. The van der Waals surface area contributed by atoms with E-state index < -0.39 is 14.0 Å². The smallest absolute Gasteiger partial charge is 0.251 e. The number of thiophene rings is 1. The van der Waals surface area contributed by atoms with Crippen LogP contribution < -0.4 is 11.1 Å². The van der Waals surface area contributed by atoms with E-state index in [0.29, 0.717) is 16.4 Å². The highest BCUT2D eigenvalue weighted by Gasteiger charge is 2.33. The van der Waals surface area contributed by atoms with Gasteiger partial charge in [0.25, 0.3) is 5.91 Å². The van der Waals surface area contributed by atoms with Gasteiger partial charge in [-0.15, -0.1) is 16.9 Å². The summed E-state index contributed by atoms with van der Waals surface area (Å²) in [5, 5.41) is 4.15. The van der Waals surface area contributed by atoms with Crippen molar-refractivity contribution >= 4 is 36.1 Å². The average molecular weight is 457 g/mol. The number of rotatable bonds is 5. The molecule has 1 saturated heterocycles. The number of carbonyl (C=O) groups is 1. The number of nitrogens with zero attached hydrogens (tertiary/aromatic N) is 2. The minimum atomic E-state index is -1.74. The van der Waals surface area contributed by atoms with Gasteiger partial charge in [0.2, 0.25) is 0 Å². The molecule has 0 saturated carbocycles. The van der Waals surface area contributed by atoms with Crippen molar-refractivity contribution in [3.05, 3.63) is 40.4 Å². The van der Waals surface area contributed by atoms with Gasteiger partial charge in [-0.1, -0.05) is 45.9 Å². The Bertz CT molecular complexity index is 995. The summed E-state index contributed by atoms with van der Waals surface area (Å²) in [5.41, 5.74) is 10.6. The Kier molecular flexibility index (Phi) is 7.22. The van der Waals surface area contributed by atoms with Crippen LogP contribution in [0.2, 0.25) is 18.1 Å². The minimum absolute atomic E-state index is 0.176. The molecule has 166 valence electrons. The van der Waals surface area contributed by atoms with E-state index in [2.05, 4.69) is 55.5 Å². The van der Waals surface area contributed by atoms with E-state index in [1.807, 2.05) is 18.2 Å². The Balaban J connectivity index is 1.80. The fourth-order valence-electron chi connectivity index (χ4n) is 2.88. The summed E-state index contributed by atoms with van der Waals surface area (Å²) in [5.74, 6) is 3.53. The fraction of sp³-hybridized carbons (Fsp3) is 0.478. The highest BCUT2D eigenvalue weighted by molar-refractivity contribution is 7.17. The van der Waals surface area contributed by atoms with Crippen molar-refractivity contribution in [2.75, 3.05) is 31.6 Å². The number of hydrogen-bond acceptors (Lipinski definition) is 6. The molecule has 0 spiro atoms. The maximum Gasteiger partial charge on any atom is 0.251 e. The van der Waals surface area contributed by atoms with Crippen molar-refractivity contribution in [2.45, 2.75) is 45.4 Å². The lowest BCUT2D eigenvalue weighted by Gasteiger charge is -2.31. The topological polar surface area (TPSA) is 80.5 Å². The molecule has 0 aromatic carbocycles. The third-order valence-electron chi connectivity index (χ3n) is 5.91. The molecule has 0 aliphatic carbocycles. The number of pyridine rings is 1. The number of morpholine rings is 1. The predicted molar refractivity (Wildman–Crippen MR) is 131 cm³/mol. The molecule has 0 radical (unpaired) electrons. The van der Waals surface area contributed by atoms with Gasteiger partial charge in [0.15, 0.2) is 0 Å². The Morgan fingerprint density at radius 1 is 1.32 bits per heavy atom. The number of nitrogens with one attached hydrogen (secondary N) is 1. The van der Waals surface area contributed by atoms with Crippen LogP contribution in [0.15, 0.2) is 24.3 Å². The van der Waals surface area contributed by atoms with Gasteiger partial charge in [-0.2, -0.15) is 0 Å². The van der Waals surface area contributed by atoms with Gasteiger partial charge in [0.05, 0.1) is 29.3 Å². The third kappa shape index (κ3) is 6.17. The van der Waals surface area contributed by atoms with Crippen LogP contribution in [0.3, 0.4) is 0 Å². The first-order valence-corrected chi connectivity index (χ1v) is 14.4. The SMILES string of the molecule is CC(C)(C)[Si](C)(C)C#Cc1cc(C(N)=O)c(Nc2cccc(CN3CCOCC3)n2)s1. The first-order valence-electron chi connectivity index (χ1n) is 10.5. The molecular weight excluding hydrogens is 424 g/mol. The Labute approximate surface area is 190 Å². The van der Waals surface area contributed by atoms with Crippen molar-refractivity contribution in [3.8, 4) is 11.5 Å². The summed E-state index contributed by atoms with van der Waals surface area (Å²) in [6, 6.07) is 7.67. The quantitative estimate of drug-likeness (QED) is 0.520. The molecule has 0 unspecified atom stereocenters. The van der Waals surface area contributed by atoms with Crippen molar-refractivity contribution in [1.82, 2.24) is 9.88 Å². The number of nitrogens with two attached hydrogens (primary N) is 1. The second-order valence-electron chi connectivity index (χ2n) is 9.37. The van der Waals surface area contributed by atoms with E-state index in [0.717, 1.165) is 43.4 Å². The van der Waals surface area contributed by atoms with Gasteiger partial charge in [-0.05, 0) is 23.2 Å². The van der Waals surface area contributed by atoms with Crippen molar-refractivity contribution in [2.24, 2.45) is 5.73 Å². The largest absolute Gasteiger partial charge is 0.379 e. The summed E-state index contributed by atoms with van der Waals surface area (Å²) in [4.78, 5) is 19.9. The summed E-state index contributed by atoms with van der Waals surface area (Å²) in [7, 11) is -1.74. The van der Waals surface area contributed by atoms with E-state index >= 15 is 0 Å². The zero-order valence-electron chi connectivity index (χ0n) is 19.0. The van der Waals surface area contributed by atoms with Crippen LogP contribution in [0.5, 0.6) is 0 Å². The molecule has 3 rings (SSSR count). The third-order valence-corrected chi connectivity index (χ3v) is 11.4. The molecule has 1 aliphatic rings. The zero-order valence-corrected chi connectivity index (χ0v) is 20.9. The van der Waals surface area contributed by atoms with Crippen molar-refractivity contribution in [1.29, 1.82) is 0 Å². The van der Waals surface area contributed by atoms with Gasteiger partial charge in [0.1, 0.15) is 18.9 Å². The van der Waals surface area contributed by atoms with E-state index in [4.69, 9.17) is 15.5 Å². The van der Waals surface area contributed by atoms with E-state index in [-0.39, 0.29) is 5.04 Å². The minimum Gasteiger partial charge on any atom is -0.379 e. The lowest BCUT2D eigenvalue weighted by molar-refractivity contribution is 0.0337. The second-order valence-corrected chi connectivity index (χ2v) is 15.4. The van der Waals surface area contributed by atoms with Crippen LogP contribution in [-0.4, -0.2) is 50.2 Å². The van der Waals surface area contributed by atoms with Gasteiger partial charge in [-0.25, -0.2) is 4.98 Å². The van der Waals surface area contributed by atoms with Crippen LogP contribution in [0.4, 0.5) is 10.8 Å². The highest BCUT2D eigenvalue weighted by atomic mass is 32.1. The molecule has 6 nitrogen and oxygen atoms in total. The molecule has 2 aromatic heterocycles. The molecule has 8 heteroatoms. The fourth-order valence-corrected chi connectivity index (χ4v) is 4.71. The van der Waals surface area contributed by atoms with E-state index in [1.165, 1.54) is 11.3 Å². The molecule has 1 aliphatic heterocycles. The molecule has 0 bridgehead atoms. The monoisotopic (exact) mass is 456 g/mol. The number of primary amides is 1. The molecule has 1 fully saturated rings. The molecular formula is C23H32N4O2SSi. The molecule has 2 aromatic rings. The molecule has 3 N–H and O–H groups in total. The Morgan fingerprint density at radius 3 is 2.68 bits per heavy atom. The van der Waals surface area contributed by atoms with Crippen LogP contribution >= 0.6 is 11.3 Å². The number of anilines is 2. The summed E-state index contributed by atoms with van der Waals surface area (Å²) in [6.45, 7) is 15.4. The van der Waals surface area contributed by atoms with Gasteiger partial charge in [-0.3, -0.25) is 9.69 Å². The van der Waals surface area contributed by atoms with E-state index in [1.54, 1.807) is 6.07 Å². The number of carbonyl (C=O) groups excluding carboxylic acids is 1. The predicted octanol–water partition coefficient (Wildman–Crippen LogP) is 4.22. The first kappa shape index (κ1) is 23.5. The van der Waals surface area contributed by atoms with Crippen LogP contribution in [-0.2, 0) is 11.3 Å².